The van der Waals surface area contributed by atoms with Crippen molar-refractivity contribution in [3.05, 3.63) is 48.5 Å². The van der Waals surface area contributed by atoms with E-state index in [1.54, 1.807) is 68.2 Å². The lowest BCUT2D eigenvalue weighted by atomic mass is 10.2. The lowest BCUT2D eigenvalue weighted by molar-refractivity contribution is -0.120. The number of nitrogens with zero attached hydrogens (tertiary/aromatic N) is 2. The monoisotopic (exact) mass is 588 g/mol. The number of alkyl carbamates (subject to hydrolysis) is 1. The zero-order valence-electron chi connectivity index (χ0n) is 21.4. The van der Waals surface area contributed by atoms with Crippen molar-refractivity contribution < 1.29 is 19.1 Å². The van der Waals surface area contributed by atoms with Gasteiger partial charge < -0.3 is 25.6 Å². The fraction of sp³-hybridized carbons (Fsp3) is 0.400. The lowest BCUT2D eigenvalue weighted by Gasteiger charge is -2.24. The minimum absolute atomic E-state index is 0. The zero-order valence-corrected chi connectivity index (χ0v) is 24.7. The molecule has 3 N–H and O–H groups in total. The number of carbonyl (C=O) groups excluding carboxylic acids is 3. The molecule has 0 unspecified atom stereocenters. The molecule has 204 valence electrons. The summed E-state index contributed by atoms with van der Waals surface area (Å²) in [5.74, 6) is 0.986. The highest BCUT2D eigenvalue weighted by Gasteiger charge is 2.31. The predicted molar refractivity (Wildman–Crippen MR) is 157 cm³/mol. The van der Waals surface area contributed by atoms with Crippen LogP contribution in [0.1, 0.15) is 20.8 Å². The Balaban J connectivity index is 0.000000375. The molecule has 4 rings (SSSR count). The second kappa shape index (κ2) is 14.2. The van der Waals surface area contributed by atoms with E-state index in [-0.39, 0.29) is 36.6 Å². The first-order valence-electron chi connectivity index (χ1n) is 11.2. The number of anilines is 2. The molecule has 0 saturated carbocycles. The van der Waals surface area contributed by atoms with Crippen molar-refractivity contribution in [2.24, 2.45) is 5.73 Å². The van der Waals surface area contributed by atoms with Gasteiger partial charge in [0.2, 0.25) is 11.8 Å². The Hall–Kier alpha value is -2.11. The number of benzene rings is 2. The smallest absolute Gasteiger partial charge is 0.408 e. The number of ether oxygens (including phenoxy) is 1. The first kappa shape index (κ1) is 32.9. The Morgan fingerprint density at radius 1 is 0.892 bits per heavy atom. The summed E-state index contributed by atoms with van der Waals surface area (Å²) in [5.41, 5.74) is 6.97. The zero-order chi connectivity index (χ0) is 25.8. The number of fused-ring (bicyclic) bond motifs is 2. The first-order chi connectivity index (χ1) is 16.5. The minimum Gasteiger partial charge on any atom is -0.444 e. The Bertz CT molecular complexity index is 1100. The van der Waals surface area contributed by atoms with E-state index in [2.05, 4.69) is 5.32 Å². The lowest BCUT2D eigenvalue weighted by Crippen LogP contribution is -2.49. The van der Waals surface area contributed by atoms with E-state index in [1.807, 2.05) is 48.5 Å². The van der Waals surface area contributed by atoms with E-state index in [0.29, 0.717) is 11.5 Å². The minimum atomic E-state index is -0.595. The van der Waals surface area contributed by atoms with E-state index < -0.39 is 23.8 Å². The van der Waals surface area contributed by atoms with Crippen molar-refractivity contribution in [3.63, 3.8) is 0 Å². The summed E-state index contributed by atoms with van der Waals surface area (Å²) in [6, 6.07) is 14.6. The molecule has 0 fully saturated rings. The molecular weight excluding hydrogens is 555 g/mol. The van der Waals surface area contributed by atoms with Gasteiger partial charge >= 0.3 is 6.09 Å². The molecule has 2 aliphatic rings. The maximum Gasteiger partial charge on any atom is 0.408 e. The molecule has 2 aromatic carbocycles. The summed E-state index contributed by atoms with van der Waals surface area (Å²) in [7, 11) is 3.49. The Morgan fingerprint density at radius 2 is 1.35 bits per heavy atom. The van der Waals surface area contributed by atoms with Crippen LogP contribution in [0, 0.1) is 0 Å². The molecule has 37 heavy (non-hydrogen) atoms. The maximum atomic E-state index is 12.5. The highest BCUT2D eigenvalue weighted by molar-refractivity contribution is 7.99. The summed E-state index contributed by atoms with van der Waals surface area (Å²) < 4.78 is 5.21. The van der Waals surface area contributed by atoms with Gasteiger partial charge in [-0.25, -0.2) is 4.79 Å². The van der Waals surface area contributed by atoms with Gasteiger partial charge in [0, 0.05) is 35.4 Å². The van der Waals surface area contributed by atoms with E-state index in [0.717, 1.165) is 21.2 Å². The van der Waals surface area contributed by atoms with Crippen LogP contribution in [0.15, 0.2) is 58.3 Å². The third-order valence-electron chi connectivity index (χ3n) is 5.24. The second-order valence-corrected chi connectivity index (χ2v) is 11.3. The first-order valence-corrected chi connectivity index (χ1v) is 13.2. The SMILES string of the molecule is CN1C(=O)[C@@H](N)CSc2ccccc21.CN1C(=O)[C@@H](NC(=O)OC(C)(C)C)CSc2ccccc21.Cl.Cl. The Kier molecular flexibility index (Phi) is 12.6. The van der Waals surface area contributed by atoms with E-state index in [4.69, 9.17) is 10.5 Å². The highest BCUT2D eigenvalue weighted by atomic mass is 35.5. The number of amides is 3. The quantitative estimate of drug-likeness (QED) is 0.502. The molecule has 2 aromatic rings. The van der Waals surface area contributed by atoms with Gasteiger partial charge in [-0.3, -0.25) is 9.59 Å². The topological polar surface area (TPSA) is 105 Å². The van der Waals surface area contributed by atoms with E-state index in [1.165, 1.54) is 0 Å². The molecule has 0 spiro atoms. The number of carbonyl (C=O) groups is 3. The van der Waals surface area contributed by atoms with Crippen LogP contribution in [0.3, 0.4) is 0 Å². The second-order valence-electron chi connectivity index (χ2n) is 9.16. The van der Waals surface area contributed by atoms with Crippen LogP contribution in [0.2, 0.25) is 0 Å². The summed E-state index contributed by atoms with van der Waals surface area (Å²) in [4.78, 5) is 41.4. The number of nitrogens with two attached hydrogens (primary N) is 1. The van der Waals surface area contributed by atoms with Crippen LogP contribution < -0.4 is 20.9 Å². The average Bonchev–Trinajstić information content (AvgIpc) is 3.00. The van der Waals surface area contributed by atoms with Crippen LogP contribution >= 0.6 is 48.3 Å². The van der Waals surface area contributed by atoms with Crippen LogP contribution in [0.4, 0.5) is 16.2 Å². The molecule has 0 saturated heterocycles. The number of likely N-dealkylation sites (N-methyl/N-ethyl adjacent to an activating group) is 2. The van der Waals surface area contributed by atoms with Crippen molar-refractivity contribution in [1.82, 2.24) is 5.32 Å². The van der Waals surface area contributed by atoms with Crippen molar-refractivity contribution >= 4 is 77.6 Å². The van der Waals surface area contributed by atoms with Crippen molar-refractivity contribution in [3.8, 4) is 0 Å². The Morgan fingerprint density at radius 3 is 1.86 bits per heavy atom. The Labute approximate surface area is 239 Å². The summed E-state index contributed by atoms with van der Waals surface area (Å²) in [6.45, 7) is 5.37. The van der Waals surface area contributed by atoms with Crippen LogP contribution in [0.5, 0.6) is 0 Å². The fourth-order valence-corrected chi connectivity index (χ4v) is 5.61. The molecular formula is C25H34Cl2N4O4S2. The molecule has 2 atom stereocenters. The number of hydrogen-bond acceptors (Lipinski definition) is 7. The summed E-state index contributed by atoms with van der Waals surface area (Å²) >= 11 is 3.19. The number of hydrogen-bond donors (Lipinski definition) is 2. The molecule has 0 aliphatic carbocycles. The molecule has 0 aromatic heterocycles. The third kappa shape index (κ3) is 8.71. The van der Waals surface area contributed by atoms with Crippen LogP contribution in [-0.4, -0.2) is 61.2 Å². The van der Waals surface area contributed by atoms with Crippen molar-refractivity contribution in [1.29, 1.82) is 0 Å². The molecule has 0 radical (unpaired) electrons. The fourth-order valence-electron chi connectivity index (χ4n) is 3.48. The number of thioether (sulfide) groups is 2. The van der Waals surface area contributed by atoms with Crippen molar-refractivity contribution in [2.45, 2.75) is 48.2 Å². The molecule has 0 bridgehead atoms. The van der Waals surface area contributed by atoms with Crippen LogP contribution in [-0.2, 0) is 14.3 Å². The maximum absolute atomic E-state index is 12.5. The van der Waals surface area contributed by atoms with Gasteiger partial charge in [0.15, 0.2) is 0 Å². The van der Waals surface area contributed by atoms with E-state index >= 15 is 0 Å². The third-order valence-corrected chi connectivity index (χ3v) is 7.58. The van der Waals surface area contributed by atoms with Gasteiger partial charge in [-0.1, -0.05) is 24.3 Å². The van der Waals surface area contributed by atoms with Crippen molar-refractivity contribution in [2.75, 3.05) is 35.4 Å². The van der Waals surface area contributed by atoms with Gasteiger partial charge in [0.25, 0.3) is 0 Å². The molecule has 3 amide bonds. The van der Waals surface area contributed by atoms with Gasteiger partial charge in [-0.2, -0.15) is 0 Å². The molecule has 2 heterocycles. The summed E-state index contributed by atoms with van der Waals surface area (Å²) in [5, 5.41) is 2.66. The van der Waals surface area contributed by atoms with Gasteiger partial charge in [0.1, 0.15) is 11.6 Å². The summed E-state index contributed by atoms with van der Waals surface area (Å²) in [6.07, 6.45) is -0.569. The predicted octanol–water partition coefficient (Wildman–Crippen LogP) is 4.57. The van der Waals surface area contributed by atoms with Gasteiger partial charge in [-0.15, -0.1) is 48.3 Å². The highest BCUT2D eigenvalue weighted by Crippen LogP contribution is 2.34. The average molecular weight is 590 g/mol. The molecule has 2 aliphatic heterocycles. The normalized spacial score (nSPS) is 18.9. The van der Waals surface area contributed by atoms with Gasteiger partial charge in [0.05, 0.1) is 17.4 Å². The molecule has 8 nitrogen and oxygen atoms in total. The largest absolute Gasteiger partial charge is 0.444 e. The number of nitrogens with one attached hydrogen (secondary N) is 1. The van der Waals surface area contributed by atoms with Gasteiger partial charge in [-0.05, 0) is 45.0 Å². The molecule has 12 heteroatoms. The van der Waals surface area contributed by atoms with Crippen LogP contribution in [0.25, 0.3) is 0 Å². The standard InChI is InChI=1S/C15H20N2O3S.C10H12N2OS.2ClH/c1-15(2,3)20-14(19)16-10-9-21-12-8-6-5-7-11(12)17(4)13(10)18;1-12-8-4-2-3-5-9(8)14-6-7(11)10(12)13;;/h5-8,10H,9H2,1-4H3,(H,16,19);2-5,7H,6,11H2,1H3;2*1H/t10-;7-;;/m00../s1. The number of halogens is 2. The van der Waals surface area contributed by atoms with E-state index in [9.17, 15) is 14.4 Å². The number of rotatable bonds is 1. The number of para-hydroxylation sites is 2.